The standard InChI is InChI=1S/C22H28N2O5S/c1-3-6-18-7-4-5-8-20(18)28-17-19-9-10-21(29-19)22(25)24-13-11-23(12-14-24)15-16-30(2,26)27/h3-5,7-10H,1,6,11-17H2,2H3. The molecule has 2 heterocycles. The van der Waals surface area contributed by atoms with Crippen molar-refractivity contribution >= 4 is 15.7 Å². The van der Waals surface area contributed by atoms with Crippen LogP contribution in [0, 0.1) is 0 Å². The van der Waals surface area contributed by atoms with Gasteiger partial charge in [-0.15, -0.1) is 6.58 Å². The first-order valence-corrected chi connectivity index (χ1v) is 12.0. The summed E-state index contributed by atoms with van der Waals surface area (Å²) in [5.41, 5.74) is 1.05. The number of carbonyl (C=O) groups excluding carboxylic acids is 1. The van der Waals surface area contributed by atoms with Gasteiger partial charge in [-0.3, -0.25) is 9.69 Å². The third kappa shape index (κ3) is 6.21. The van der Waals surface area contributed by atoms with E-state index in [1.54, 1.807) is 17.0 Å². The van der Waals surface area contributed by atoms with Gasteiger partial charge in [0, 0.05) is 39.0 Å². The Hall–Kier alpha value is -2.58. The number of para-hydroxylation sites is 1. The fourth-order valence-electron chi connectivity index (χ4n) is 3.31. The number of carbonyl (C=O) groups is 1. The molecule has 8 heteroatoms. The van der Waals surface area contributed by atoms with Crippen molar-refractivity contribution in [1.82, 2.24) is 9.80 Å². The highest BCUT2D eigenvalue weighted by atomic mass is 32.2. The van der Waals surface area contributed by atoms with Crippen LogP contribution in [0.5, 0.6) is 5.75 Å². The van der Waals surface area contributed by atoms with Gasteiger partial charge in [-0.2, -0.15) is 0 Å². The van der Waals surface area contributed by atoms with Crippen LogP contribution in [0.3, 0.4) is 0 Å². The number of ether oxygens (including phenoxy) is 1. The topological polar surface area (TPSA) is 80.1 Å². The number of nitrogens with zero attached hydrogens (tertiary/aromatic N) is 2. The Kier molecular flexibility index (Phi) is 7.33. The zero-order chi connectivity index (χ0) is 21.6. The maximum absolute atomic E-state index is 12.7. The highest BCUT2D eigenvalue weighted by Gasteiger charge is 2.24. The number of sulfone groups is 1. The Balaban J connectivity index is 1.51. The van der Waals surface area contributed by atoms with Crippen molar-refractivity contribution in [2.24, 2.45) is 0 Å². The largest absolute Gasteiger partial charge is 0.485 e. The van der Waals surface area contributed by atoms with Crippen molar-refractivity contribution in [2.75, 3.05) is 44.7 Å². The molecule has 0 bridgehead atoms. The van der Waals surface area contributed by atoms with E-state index >= 15 is 0 Å². The number of rotatable bonds is 9. The highest BCUT2D eigenvalue weighted by molar-refractivity contribution is 7.90. The smallest absolute Gasteiger partial charge is 0.289 e. The Bertz CT molecular complexity index is 975. The van der Waals surface area contributed by atoms with Gasteiger partial charge in [0.2, 0.25) is 0 Å². The van der Waals surface area contributed by atoms with Crippen molar-refractivity contribution in [1.29, 1.82) is 0 Å². The minimum atomic E-state index is -2.98. The molecule has 30 heavy (non-hydrogen) atoms. The van der Waals surface area contributed by atoms with E-state index in [2.05, 4.69) is 11.5 Å². The van der Waals surface area contributed by atoms with E-state index in [4.69, 9.17) is 9.15 Å². The van der Waals surface area contributed by atoms with E-state index in [-0.39, 0.29) is 24.0 Å². The second-order valence-corrected chi connectivity index (χ2v) is 9.68. The van der Waals surface area contributed by atoms with Crippen molar-refractivity contribution in [3.63, 3.8) is 0 Å². The van der Waals surface area contributed by atoms with E-state index in [1.807, 2.05) is 30.3 Å². The number of benzene rings is 1. The van der Waals surface area contributed by atoms with Gasteiger partial charge in [-0.05, 0) is 30.2 Å². The number of hydrogen-bond acceptors (Lipinski definition) is 6. The average Bonchev–Trinajstić information content (AvgIpc) is 3.20. The van der Waals surface area contributed by atoms with Crippen LogP contribution < -0.4 is 4.74 Å². The zero-order valence-corrected chi connectivity index (χ0v) is 18.1. The van der Waals surface area contributed by atoms with Crippen LogP contribution in [-0.2, 0) is 22.9 Å². The summed E-state index contributed by atoms with van der Waals surface area (Å²) in [6.45, 7) is 6.89. The van der Waals surface area contributed by atoms with E-state index in [0.29, 0.717) is 44.9 Å². The molecule has 1 aromatic heterocycles. The third-order valence-corrected chi connectivity index (χ3v) is 5.94. The fourth-order valence-corrected chi connectivity index (χ4v) is 3.90. The second kappa shape index (κ2) is 9.95. The molecule has 3 rings (SSSR count). The van der Waals surface area contributed by atoms with Gasteiger partial charge in [0.05, 0.1) is 5.75 Å². The molecule has 0 aliphatic carbocycles. The Labute approximate surface area is 177 Å². The van der Waals surface area contributed by atoms with Gasteiger partial charge in [0.15, 0.2) is 5.76 Å². The van der Waals surface area contributed by atoms with Crippen LogP contribution in [0.4, 0.5) is 0 Å². The number of piperazine rings is 1. The molecule has 1 aliphatic rings. The van der Waals surface area contributed by atoms with Gasteiger partial charge < -0.3 is 14.1 Å². The zero-order valence-electron chi connectivity index (χ0n) is 17.2. The van der Waals surface area contributed by atoms with Crippen LogP contribution in [0.15, 0.2) is 53.5 Å². The summed E-state index contributed by atoms with van der Waals surface area (Å²) in [5, 5.41) is 0. The second-order valence-electron chi connectivity index (χ2n) is 7.42. The molecule has 0 saturated carbocycles. The molecule has 1 saturated heterocycles. The fraction of sp³-hybridized carbons (Fsp3) is 0.409. The number of amides is 1. The summed E-state index contributed by atoms with van der Waals surface area (Å²) in [6.07, 6.45) is 3.78. The van der Waals surface area contributed by atoms with E-state index < -0.39 is 9.84 Å². The maximum atomic E-state index is 12.7. The summed E-state index contributed by atoms with van der Waals surface area (Å²) in [4.78, 5) is 16.5. The van der Waals surface area contributed by atoms with Crippen LogP contribution in [-0.4, -0.2) is 68.9 Å². The predicted octanol–water partition coefficient (Wildman–Crippen LogP) is 2.39. The molecule has 0 N–H and O–H groups in total. The minimum Gasteiger partial charge on any atom is -0.485 e. The molecule has 0 atom stereocenters. The molecule has 0 unspecified atom stereocenters. The lowest BCUT2D eigenvalue weighted by atomic mass is 10.1. The summed E-state index contributed by atoms with van der Waals surface area (Å²) in [7, 11) is -2.98. The lowest BCUT2D eigenvalue weighted by Crippen LogP contribution is -2.49. The lowest BCUT2D eigenvalue weighted by Gasteiger charge is -2.34. The van der Waals surface area contributed by atoms with Crippen molar-refractivity contribution in [3.8, 4) is 5.75 Å². The molecule has 1 fully saturated rings. The number of furan rings is 1. The summed E-state index contributed by atoms with van der Waals surface area (Å²) >= 11 is 0. The van der Waals surface area contributed by atoms with E-state index in [1.165, 1.54) is 6.26 Å². The first-order valence-electron chi connectivity index (χ1n) is 9.95. The number of allylic oxidation sites excluding steroid dienone is 1. The molecule has 1 amide bonds. The van der Waals surface area contributed by atoms with Crippen molar-refractivity contribution in [2.45, 2.75) is 13.0 Å². The van der Waals surface area contributed by atoms with Crippen molar-refractivity contribution < 1.29 is 22.4 Å². The average molecular weight is 433 g/mol. The van der Waals surface area contributed by atoms with Gasteiger partial charge in [-0.25, -0.2) is 8.42 Å². The molecular weight excluding hydrogens is 404 g/mol. The summed E-state index contributed by atoms with van der Waals surface area (Å²) in [6, 6.07) is 11.2. The molecule has 2 aromatic rings. The molecule has 162 valence electrons. The predicted molar refractivity (Wildman–Crippen MR) is 115 cm³/mol. The first kappa shape index (κ1) is 22.1. The van der Waals surface area contributed by atoms with Crippen LogP contribution in [0.25, 0.3) is 0 Å². The Morgan fingerprint density at radius 2 is 1.90 bits per heavy atom. The third-order valence-electron chi connectivity index (χ3n) is 5.02. The van der Waals surface area contributed by atoms with Crippen LogP contribution in [0.2, 0.25) is 0 Å². The van der Waals surface area contributed by atoms with Crippen molar-refractivity contribution in [3.05, 3.63) is 66.1 Å². The Morgan fingerprint density at radius 1 is 1.17 bits per heavy atom. The Morgan fingerprint density at radius 3 is 2.60 bits per heavy atom. The summed E-state index contributed by atoms with van der Waals surface area (Å²) in [5.74, 6) is 1.62. The lowest BCUT2D eigenvalue weighted by molar-refractivity contribution is 0.0609. The van der Waals surface area contributed by atoms with Gasteiger partial charge in [0.25, 0.3) is 5.91 Å². The number of hydrogen-bond donors (Lipinski definition) is 0. The van der Waals surface area contributed by atoms with E-state index in [9.17, 15) is 13.2 Å². The van der Waals surface area contributed by atoms with Gasteiger partial charge >= 0.3 is 0 Å². The van der Waals surface area contributed by atoms with Crippen LogP contribution >= 0.6 is 0 Å². The van der Waals surface area contributed by atoms with E-state index in [0.717, 1.165) is 11.3 Å². The molecular formula is C22H28N2O5S. The first-order chi connectivity index (χ1) is 14.4. The molecule has 1 aromatic carbocycles. The SMILES string of the molecule is C=CCc1ccccc1OCc1ccc(C(=O)N2CCN(CCS(C)(=O)=O)CC2)o1. The van der Waals surface area contributed by atoms with Gasteiger partial charge in [0.1, 0.15) is 28.0 Å². The highest BCUT2D eigenvalue weighted by Crippen LogP contribution is 2.21. The molecule has 0 spiro atoms. The molecule has 1 aliphatic heterocycles. The normalized spacial score (nSPS) is 15.2. The minimum absolute atomic E-state index is 0.137. The van der Waals surface area contributed by atoms with Crippen LogP contribution in [0.1, 0.15) is 21.9 Å². The summed E-state index contributed by atoms with van der Waals surface area (Å²) < 4.78 is 34.2. The maximum Gasteiger partial charge on any atom is 0.289 e. The molecule has 0 radical (unpaired) electrons. The monoisotopic (exact) mass is 432 g/mol. The quantitative estimate of drug-likeness (QED) is 0.566. The molecule has 7 nitrogen and oxygen atoms in total. The van der Waals surface area contributed by atoms with Gasteiger partial charge in [-0.1, -0.05) is 24.3 Å².